The molecule has 2 N–H and O–H groups in total. The number of para-hydroxylation sites is 3. The Hall–Kier alpha value is -2.76. The maximum Gasteiger partial charge on any atom is 0.257 e. The molecule has 1 aromatic heterocycles. The molecule has 7 heteroatoms. The highest BCUT2D eigenvalue weighted by Gasteiger charge is 2.13. The van der Waals surface area contributed by atoms with E-state index in [0.717, 1.165) is 5.69 Å². The van der Waals surface area contributed by atoms with E-state index in [0.29, 0.717) is 32.7 Å². The number of nitrogens with one attached hydrogen (secondary N) is 2. The first-order valence-corrected chi connectivity index (χ1v) is 8.44. The van der Waals surface area contributed by atoms with Crippen molar-refractivity contribution in [2.75, 3.05) is 17.7 Å². The van der Waals surface area contributed by atoms with E-state index < -0.39 is 0 Å². The van der Waals surface area contributed by atoms with E-state index in [1.165, 1.54) is 6.20 Å². The van der Waals surface area contributed by atoms with Crippen molar-refractivity contribution in [1.82, 2.24) is 4.98 Å². The highest BCUT2D eigenvalue weighted by Crippen LogP contribution is 2.31. The third-order valence-corrected chi connectivity index (χ3v) is 4.22. The molecule has 0 fully saturated rings. The Morgan fingerprint density at radius 3 is 2.50 bits per heavy atom. The molecule has 0 saturated carbocycles. The normalized spacial score (nSPS) is 10.3. The first-order chi connectivity index (χ1) is 12.6. The number of hydrogen-bond acceptors (Lipinski definition) is 4. The minimum atomic E-state index is -0.365. The fraction of sp³-hybridized carbons (Fsp3) is 0.0526. The van der Waals surface area contributed by atoms with Gasteiger partial charge in [-0.3, -0.25) is 9.78 Å². The van der Waals surface area contributed by atoms with Gasteiger partial charge in [0.15, 0.2) is 0 Å². The number of amides is 1. The number of halogens is 2. The summed E-state index contributed by atoms with van der Waals surface area (Å²) in [6, 6.07) is 14.2. The molecule has 3 aromatic rings. The first-order valence-electron chi connectivity index (χ1n) is 7.69. The molecular weight excluding hydrogens is 373 g/mol. The molecule has 0 atom stereocenters. The second kappa shape index (κ2) is 8.08. The van der Waals surface area contributed by atoms with Crippen molar-refractivity contribution in [1.29, 1.82) is 0 Å². The number of benzene rings is 2. The van der Waals surface area contributed by atoms with Crippen LogP contribution >= 0.6 is 23.2 Å². The maximum atomic E-state index is 12.5. The quantitative estimate of drug-likeness (QED) is 0.615. The summed E-state index contributed by atoms with van der Waals surface area (Å²) < 4.78 is 5.31. The van der Waals surface area contributed by atoms with Gasteiger partial charge >= 0.3 is 0 Å². The third kappa shape index (κ3) is 4.07. The van der Waals surface area contributed by atoms with E-state index in [4.69, 9.17) is 27.9 Å². The minimum Gasteiger partial charge on any atom is -0.495 e. The molecule has 1 amide bonds. The Bertz CT molecular complexity index is 927. The van der Waals surface area contributed by atoms with Crippen LogP contribution in [0.15, 0.2) is 60.9 Å². The average molecular weight is 388 g/mol. The number of hydrogen-bond donors (Lipinski definition) is 2. The second-order valence-corrected chi connectivity index (χ2v) is 6.15. The largest absolute Gasteiger partial charge is 0.495 e. The van der Waals surface area contributed by atoms with Gasteiger partial charge in [0.2, 0.25) is 0 Å². The fourth-order valence-corrected chi connectivity index (χ4v) is 2.83. The van der Waals surface area contributed by atoms with Crippen molar-refractivity contribution in [2.24, 2.45) is 0 Å². The van der Waals surface area contributed by atoms with E-state index in [-0.39, 0.29) is 5.91 Å². The lowest BCUT2D eigenvalue weighted by molar-refractivity contribution is 0.102. The van der Waals surface area contributed by atoms with Crippen molar-refractivity contribution < 1.29 is 9.53 Å². The number of anilines is 3. The number of methoxy groups -OCH3 is 1. The van der Waals surface area contributed by atoms with Gasteiger partial charge < -0.3 is 15.4 Å². The zero-order valence-electron chi connectivity index (χ0n) is 13.8. The monoisotopic (exact) mass is 387 g/mol. The van der Waals surface area contributed by atoms with Gasteiger partial charge in [-0.1, -0.05) is 41.4 Å². The Balaban J connectivity index is 1.82. The van der Waals surface area contributed by atoms with Crippen LogP contribution in [0.4, 0.5) is 17.1 Å². The van der Waals surface area contributed by atoms with Gasteiger partial charge in [-0.25, -0.2) is 0 Å². The zero-order chi connectivity index (χ0) is 18.5. The molecule has 3 rings (SSSR count). The van der Waals surface area contributed by atoms with Crippen LogP contribution < -0.4 is 15.4 Å². The molecule has 0 aliphatic rings. The van der Waals surface area contributed by atoms with Crippen molar-refractivity contribution in [2.45, 2.75) is 0 Å². The van der Waals surface area contributed by atoms with E-state index in [1.54, 1.807) is 37.6 Å². The summed E-state index contributed by atoms with van der Waals surface area (Å²) in [6.07, 6.45) is 3.08. The van der Waals surface area contributed by atoms with Gasteiger partial charge in [0.1, 0.15) is 5.75 Å². The van der Waals surface area contributed by atoms with Crippen molar-refractivity contribution >= 4 is 46.2 Å². The molecule has 0 spiro atoms. The zero-order valence-corrected chi connectivity index (χ0v) is 15.3. The number of pyridine rings is 1. The summed E-state index contributed by atoms with van der Waals surface area (Å²) in [5.41, 5.74) is 2.14. The Morgan fingerprint density at radius 1 is 1.04 bits per heavy atom. The topological polar surface area (TPSA) is 63.2 Å². The summed E-state index contributed by atoms with van der Waals surface area (Å²) in [7, 11) is 1.59. The number of carbonyl (C=O) groups is 1. The lowest BCUT2D eigenvalue weighted by Crippen LogP contribution is -2.13. The SMILES string of the molecule is COc1ccccc1Nc1cncc(C(=O)Nc2c(Cl)cccc2Cl)c1. The summed E-state index contributed by atoms with van der Waals surface area (Å²) in [5.74, 6) is 0.321. The van der Waals surface area contributed by atoms with Gasteiger partial charge in [0, 0.05) is 6.20 Å². The second-order valence-electron chi connectivity index (χ2n) is 5.34. The highest BCUT2D eigenvalue weighted by molar-refractivity contribution is 6.40. The van der Waals surface area contributed by atoms with Crippen LogP contribution in [0.5, 0.6) is 5.75 Å². The summed E-state index contributed by atoms with van der Waals surface area (Å²) in [6.45, 7) is 0. The number of nitrogens with zero attached hydrogens (tertiary/aromatic N) is 1. The lowest BCUT2D eigenvalue weighted by atomic mass is 10.2. The lowest BCUT2D eigenvalue weighted by Gasteiger charge is -2.12. The minimum absolute atomic E-state index is 0.362. The molecular formula is C19H15Cl2N3O2. The van der Waals surface area contributed by atoms with Crippen molar-refractivity contribution in [3.63, 3.8) is 0 Å². The molecule has 26 heavy (non-hydrogen) atoms. The summed E-state index contributed by atoms with van der Waals surface area (Å²) in [5, 5.41) is 6.62. The smallest absolute Gasteiger partial charge is 0.257 e. The molecule has 0 aliphatic heterocycles. The van der Waals surface area contributed by atoms with Crippen LogP contribution in [-0.2, 0) is 0 Å². The van der Waals surface area contributed by atoms with Crippen LogP contribution in [0.3, 0.4) is 0 Å². The number of rotatable bonds is 5. The Morgan fingerprint density at radius 2 is 1.77 bits per heavy atom. The Labute approximate surface area is 160 Å². The van der Waals surface area contributed by atoms with Gasteiger partial charge in [0.25, 0.3) is 5.91 Å². The van der Waals surface area contributed by atoms with Crippen LogP contribution in [0.2, 0.25) is 10.0 Å². The molecule has 0 aliphatic carbocycles. The predicted octanol–water partition coefficient (Wildman–Crippen LogP) is 5.39. The number of ether oxygens (including phenoxy) is 1. The van der Waals surface area contributed by atoms with E-state index in [9.17, 15) is 4.79 Å². The standard InChI is InChI=1S/C19H15Cl2N3O2/c1-26-17-8-3-2-7-16(17)23-13-9-12(10-22-11-13)19(25)24-18-14(20)5-4-6-15(18)21/h2-11,23H,1H3,(H,24,25). The maximum absolute atomic E-state index is 12.5. The van der Waals surface area contributed by atoms with Crippen LogP contribution in [-0.4, -0.2) is 18.0 Å². The molecule has 0 bridgehead atoms. The summed E-state index contributed by atoms with van der Waals surface area (Å²) >= 11 is 12.2. The average Bonchev–Trinajstić information content (AvgIpc) is 2.65. The molecule has 2 aromatic carbocycles. The van der Waals surface area contributed by atoms with Crippen LogP contribution in [0, 0.1) is 0 Å². The third-order valence-electron chi connectivity index (χ3n) is 3.59. The summed E-state index contributed by atoms with van der Waals surface area (Å²) in [4.78, 5) is 16.6. The van der Waals surface area contributed by atoms with Gasteiger partial charge in [0.05, 0.1) is 46.0 Å². The van der Waals surface area contributed by atoms with Gasteiger partial charge in [-0.2, -0.15) is 0 Å². The number of carbonyl (C=O) groups excluding carboxylic acids is 1. The predicted molar refractivity (Wildman–Crippen MR) is 105 cm³/mol. The van der Waals surface area contributed by atoms with E-state index >= 15 is 0 Å². The Kier molecular flexibility index (Phi) is 5.61. The highest BCUT2D eigenvalue weighted by atomic mass is 35.5. The molecule has 5 nitrogen and oxygen atoms in total. The van der Waals surface area contributed by atoms with Gasteiger partial charge in [-0.05, 0) is 30.3 Å². The van der Waals surface area contributed by atoms with Crippen LogP contribution in [0.25, 0.3) is 0 Å². The number of aromatic nitrogens is 1. The van der Waals surface area contributed by atoms with Gasteiger partial charge in [-0.15, -0.1) is 0 Å². The molecule has 132 valence electrons. The van der Waals surface area contributed by atoms with E-state index in [1.807, 2.05) is 24.3 Å². The first kappa shape index (κ1) is 18.0. The van der Waals surface area contributed by atoms with Crippen molar-refractivity contribution in [3.8, 4) is 5.75 Å². The fourth-order valence-electron chi connectivity index (χ4n) is 2.34. The molecule has 0 unspecified atom stereocenters. The molecule has 1 heterocycles. The molecule has 0 radical (unpaired) electrons. The van der Waals surface area contributed by atoms with Crippen molar-refractivity contribution in [3.05, 3.63) is 76.5 Å². The molecule has 0 saturated heterocycles. The van der Waals surface area contributed by atoms with Crippen LogP contribution in [0.1, 0.15) is 10.4 Å². The van der Waals surface area contributed by atoms with E-state index in [2.05, 4.69) is 15.6 Å².